The number of benzene rings is 1. The molecule has 3 heteroatoms. The lowest BCUT2D eigenvalue weighted by Gasteiger charge is -2.39. The van der Waals surface area contributed by atoms with Gasteiger partial charge in [-0.05, 0) is 30.2 Å². The molecule has 1 atom stereocenters. The van der Waals surface area contributed by atoms with E-state index < -0.39 is 0 Å². The first-order valence-electron chi connectivity index (χ1n) is 7.19. The van der Waals surface area contributed by atoms with Gasteiger partial charge >= 0.3 is 6.09 Å². The maximum atomic E-state index is 12.1. The Kier molecular flexibility index (Phi) is 4.83. The number of nitrogens with zero attached hydrogens (tertiary/aromatic N) is 1. The Morgan fingerprint density at radius 3 is 2.90 bits per heavy atom. The summed E-state index contributed by atoms with van der Waals surface area (Å²) in [6.45, 7) is 7.92. The van der Waals surface area contributed by atoms with Gasteiger partial charge in [-0.3, -0.25) is 0 Å². The molecule has 0 bridgehead atoms. The molecule has 3 nitrogen and oxygen atoms in total. The normalized spacial score (nSPS) is 22.4. The summed E-state index contributed by atoms with van der Waals surface area (Å²) < 4.78 is 5.40. The van der Waals surface area contributed by atoms with Crippen LogP contribution in [0, 0.1) is 5.41 Å². The molecule has 0 aliphatic carbocycles. The van der Waals surface area contributed by atoms with Gasteiger partial charge in [0.05, 0.1) is 0 Å². The molecule has 20 heavy (non-hydrogen) atoms. The Balaban J connectivity index is 1.87. The van der Waals surface area contributed by atoms with E-state index in [1.54, 1.807) is 0 Å². The van der Waals surface area contributed by atoms with Crippen LogP contribution in [0.1, 0.15) is 31.7 Å². The molecule has 0 aromatic heterocycles. The minimum Gasteiger partial charge on any atom is -0.445 e. The van der Waals surface area contributed by atoms with Crippen molar-refractivity contribution < 1.29 is 9.53 Å². The largest absolute Gasteiger partial charge is 0.445 e. The van der Waals surface area contributed by atoms with Gasteiger partial charge in [0.1, 0.15) is 6.61 Å². The highest BCUT2D eigenvalue weighted by molar-refractivity contribution is 5.67. The van der Waals surface area contributed by atoms with Crippen molar-refractivity contribution >= 4 is 6.09 Å². The summed E-state index contributed by atoms with van der Waals surface area (Å²) in [7, 11) is 0. The Hall–Kier alpha value is -1.77. The number of hydrogen-bond acceptors (Lipinski definition) is 2. The lowest BCUT2D eigenvalue weighted by molar-refractivity contribution is 0.0582. The van der Waals surface area contributed by atoms with Crippen LogP contribution in [0.2, 0.25) is 0 Å². The minimum absolute atomic E-state index is 0.145. The van der Waals surface area contributed by atoms with Gasteiger partial charge < -0.3 is 9.64 Å². The van der Waals surface area contributed by atoms with E-state index in [2.05, 4.69) is 13.5 Å². The zero-order valence-corrected chi connectivity index (χ0v) is 12.2. The van der Waals surface area contributed by atoms with E-state index in [0.717, 1.165) is 37.9 Å². The molecule has 1 heterocycles. The number of likely N-dealkylation sites (tertiary alicyclic amines) is 1. The smallest absolute Gasteiger partial charge is 0.410 e. The average Bonchev–Trinajstić information content (AvgIpc) is 2.46. The molecule has 108 valence electrons. The maximum Gasteiger partial charge on any atom is 0.410 e. The molecule has 1 aromatic rings. The molecule has 1 saturated heterocycles. The van der Waals surface area contributed by atoms with Crippen LogP contribution in [-0.4, -0.2) is 24.1 Å². The van der Waals surface area contributed by atoms with Gasteiger partial charge in [0.2, 0.25) is 0 Å². The van der Waals surface area contributed by atoms with E-state index in [1.807, 2.05) is 41.3 Å². The second kappa shape index (κ2) is 6.60. The zero-order valence-electron chi connectivity index (χ0n) is 12.2. The predicted octanol–water partition coefficient (Wildman–Crippen LogP) is 4.00. The fourth-order valence-corrected chi connectivity index (χ4v) is 2.80. The summed E-state index contributed by atoms with van der Waals surface area (Å²) in [4.78, 5) is 14.0. The molecule has 1 aromatic carbocycles. The number of carbonyl (C=O) groups excluding carboxylic acids is 1. The monoisotopic (exact) mass is 273 g/mol. The quantitative estimate of drug-likeness (QED) is 0.776. The van der Waals surface area contributed by atoms with Crippen molar-refractivity contribution in [1.82, 2.24) is 4.90 Å². The van der Waals surface area contributed by atoms with Crippen LogP contribution >= 0.6 is 0 Å². The summed E-state index contributed by atoms with van der Waals surface area (Å²) in [5.74, 6) is 0. The molecule has 0 saturated carbocycles. The highest BCUT2D eigenvalue weighted by Gasteiger charge is 2.32. The number of ether oxygens (including phenoxy) is 1. The summed E-state index contributed by atoms with van der Waals surface area (Å²) in [5, 5.41) is 0. The van der Waals surface area contributed by atoms with Crippen LogP contribution in [0.25, 0.3) is 0 Å². The van der Waals surface area contributed by atoms with Crippen molar-refractivity contribution in [2.75, 3.05) is 13.1 Å². The Morgan fingerprint density at radius 2 is 2.20 bits per heavy atom. The average molecular weight is 273 g/mol. The van der Waals surface area contributed by atoms with E-state index in [0.29, 0.717) is 6.61 Å². The van der Waals surface area contributed by atoms with E-state index in [9.17, 15) is 4.79 Å². The lowest BCUT2D eigenvalue weighted by atomic mass is 9.79. The number of allylic oxidation sites excluding steroid dienone is 1. The number of amides is 1. The van der Waals surface area contributed by atoms with Crippen molar-refractivity contribution in [1.29, 1.82) is 0 Å². The molecule has 1 amide bonds. The molecule has 1 aliphatic heterocycles. The van der Waals surface area contributed by atoms with Gasteiger partial charge in [0.15, 0.2) is 0 Å². The number of piperidine rings is 1. The Morgan fingerprint density at radius 1 is 1.45 bits per heavy atom. The highest BCUT2D eigenvalue weighted by Crippen LogP contribution is 2.33. The van der Waals surface area contributed by atoms with Crippen LogP contribution in [-0.2, 0) is 11.3 Å². The number of rotatable bonds is 4. The summed E-state index contributed by atoms with van der Waals surface area (Å²) >= 11 is 0. The minimum atomic E-state index is -0.205. The predicted molar refractivity (Wildman–Crippen MR) is 80.4 cm³/mol. The van der Waals surface area contributed by atoms with Crippen LogP contribution < -0.4 is 0 Å². The second-order valence-electron chi connectivity index (χ2n) is 5.87. The maximum absolute atomic E-state index is 12.1. The fourth-order valence-electron chi connectivity index (χ4n) is 2.80. The third-order valence-corrected chi connectivity index (χ3v) is 3.88. The highest BCUT2D eigenvalue weighted by atomic mass is 16.6. The van der Waals surface area contributed by atoms with Gasteiger partial charge in [0.25, 0.3) is 0 Å². The van der Waals surface area contributed by atoms with Crippen molar-refractivity contribution in [2.24, 2.45) is 5.41 Å². The zero-order chi connectivity index (χ0) is 14.4. The van der Waals surface area contributed by atoms with Crippen molar-refractivity contribution in [3.63, 3.8) is 0 Å². The van der Waals surface area contributed by atoms with E-state index in [1.165, 1.54) is 0 Å². The first kappa shape index (κ1) is 14.6. The van der Waals surface area contributed by atoms with Crippen molar-refractivity contribution in [2.45, 2.75) is 32.8 Å². The molecule has 0 spiro atoms. The van der Waals surface area contributed by atoms with E-state index in [4.69, 9.17) is 4.74 Å². The molecular formula is C17H23NO2. The molecular weight excluding hydrogens is 250 g/mol. The summed E-state index contributed by atoms with van der Waals surface area (Å²) in [5.41, 5.74) is 1.16. The standard InChI is InChI=1S/C17H23NO2/c1-3-10-17(2)11-7-12-18(14-17)16(19)20-13-15-8-5-4-6-9-15/h3-6,8-9H,1,7,10-14H2,2H3/t17-/m1/s1. The summed E-state index contributed by atoms with van der Waals surface area (Å²) in [6.07, 6.45) is 4.85. The third-order valence-electron chi connectivity index (χ3n) is 3.88. The lowest BCUT2D eigenvalue weighted by Crippen LogP contribution is -2.44. The fraction of sp³-hybridized carbons (Fsp3) is 0.471. The van der Waals surface area contributed by atoms with Gasteiger partial charge in [-0.15, -0.1) is 6.58 Å². The Bertz CT molecular complexity index is 457. The van der Waals surface area contributed by atoms with Gasteiger partial charge in [0, 0.05) is 13.1 Å². The van der Waals surface area contributed by atoms with E-state index in [-0.39, 0.29) is 11.5 Å². The summed E-state index contributed by atoms with van der Waals surface area (Å²) in [6, 6.07) is 9.78. The molecule has 2 rings (SSSR count). The van der Waals surface area contributed by atoms with Crippen LogP contribution in [0.5, 0.6) is 0 Å². The molecule has 1 fully saturated rings. The molecule has 0 unspecified atom stereocenters. The van der Waals surface area contributed by atoms with Crippen LogP contribution in [0.4, 0.5) is 4.79 Å². The van der Waals surface area contributed by atoms with Crippen LogP contribution in [0.3, 0.4) is 0 Å². The van der Waals surface area contributed by atoms with Gasteiger partial charge in [-0.2, -0.15) is 0 Å². The first-order chi connectivity index (χ1) is 9.63. The second-order valence-corrected chi connectivity index (χ2v) is 5.87. The third kappa shape index (κ3) is 3.86. The number of carbonyl (C=O) groups is 1. The van der Waals surface area contributed by atoms with E-state index >= 15 is 0 Å². The number of hydrogen-bond donors (Lipinski definition) is 0. The van der Waals surface area contributed by atoms with Crippen molar-refractivity contribution in [3.05, 3.63) is 48.6 Å². The molecule has 0 radical (unpaired) electrons. The SMILES string of the molecule is C=CC[C@]1(C)CCCN(C(=O)OCc2ccccc2)C1. The van der Waals surface area contributed by atoms with Crippen LogP contribution in [0.15, 0.2) is 43.0 Å². The first-order valence-corrected chi connectivity index (χ1v) is 7.19. The van der Waals surface area contributed by atoms with Crippen molar-refractivity contribution in [3.8, 4) is 0 Å². The Labute approximate surface area is 121 Å². The topological polar surface area (TPSA) is 29.5 Å². The molecule has 0 N–H and O–H groups in total. The van der Waals surface area contributed by atoms with Gasteiger partial charge in [-0.1, -0.05) is 43.3 Å². The molecule has 1 aliphatic rings. The van der Waals surface area contributed by atoms with Gasteiger partial charge in [-0.25, -0.2) is 4.79 Å².